The zero-order chi connectivity index (χ0) is 19.6. The van der Waals surface area contributed by atoms with Gasteiger partial charge in [-0.2, -0.15) is 0 Å². The van der Waals surface area contributed by atoms with E-state index in [-0.39, 0.29) is 11.9 Å². The molecule has 144 valence electrons. The number of carbonyl (C=O) groups excluding carboxylic acids is 1. The Hall–Kier alpha value is -3.27. The lowest BCUT2D eigenvalue weighted by Crippen LogP contribution is -2.28. The summed E-state index contributed by atoms with van der Waals surface area (Å²) in [6.07, 6.45) is 0.809. The Balaban J connectivity index is 1.60. The van der Waals surface area contributed by atoms with E-state index in [9.17, 15) is 4.79 Å². The van der Waals surface area contributed by atoms with Crippen LogP contribution in [-0.2, 0) is 0 Å². The van der Waals surface area contributed by atoms with Crippen LogP contribution in [0.2, 0.25) is 0 Å². The number of benzene rings is 3. The van der Waals surface area contributed by atoms with Crippen LogP contribution in [0.15, 0.2) is 84.9 Å². The molecular formula is C24H25NO3. The van der Waals surface area contributed by atoms with Crippen molar-refractivity contribution in [1.29, 1.82) is 0 Å². The van der Waals surface area contributed by atoms with Crippen LogP contribution >= 0.6 is 0 Å². The third kappa shape index (κ3) is 5.36. The summed E-state index contributed by atoms with van der Waals surface area (Å²) < 4.78 is 11.5. The maximum absolute atomic E-state index is 12.8. The molecule has 0 heterocycles. The third-order valence-electron chi connectivity index (χ3n) is 4.40. The highest BCUT2D eigenvalue weighted by Crippen LogP contribution is 2.21. The van der Waals surface area contributed by atoms with Gasteiger partial charge in [-0.05, 0) is 36.2 Å². The molecule has 1 atom stereocenters. The highest BCUT2D eigenvalue weighted by atomic mass is 16.5. The lowest BCUT2D eigenvalue weighted by atomic mass is 10.0. The summed E-state index contributed by atoms with van der Waals surface area (Å²) in [5.41, 5.74) is 1.62. The molecule has 1 amide bonds. The van der Waals surface area contributed by atoms with Crippen molar-refractivity contribution in [2.45, 2.75) is 19.4 Å². The zero-order valence-corrected chi connectivity index (χ0v) is 16.0. The number of hydrogen-bond donors (Lipinski definition) is 1. The van der Waals surface area contributed by atoms with Crippen LogP contribution in [0.4, 0.5) is 0 Å². The molecule has 0 aliphatic carbocycles. The Labute approximate surface area is 166 Å². The minimum Gasteiger partial charge on any atom is -0.490 e. The first-order valence-electron chi connectivity index (χ1n) is 9.53. The first-order chi connectivity index (χ1) is 13.8. The van der Waals surface area contributed by atoms with Crippen LogP contribution in [0, 0.1) is 0 Å². The van der Waals surface area contributed by atoms with Gasteiger partial charge in [0, 0.05) is 0 Å². The summed E-state index contributed by atoms with van der Waals surface area (Å²) in [5, 5.41) is 3.11. The van der Waals surface area contributed by atoms with E-state index in [2.05, 4.69) is 12.2 Å². The van der Waals surface area contributed by atoms with Crippen molar-refractivity contribution in [2.75, 3.05) is 13.2 Å². The number of para-hydroxylation sites is 2. The summed E-state index contributed by atoms with van der Waals surface area (Å²) in [7, 11) is 0. The lowest BCUT2D eigenvalue weighted by Gasteiger charge is -2.19. The lowest BCUT2D eigenvalue weighted by molar-refractivity contribution is 0.0930. The molecule has 0 saturated carbocycles. The first-order valence-corrected chi connectivity index (χ1v) is 9.53. The highest BCUT2D eigenvalue weighted by molar-refractivity contribution is 5.97. The van der Waals surface area contributed by atoms with Gasteiger partial charge in [0.1, 0.15) is 24.7 Å². The Morgan fingerprint density at radius 1 is 0.821 bits per heavy atom. The van der Waals surface area contributed by atoms with Gasteiger partial charge in [0.2, 0.25) is 0 Å². The summed E-state index contributed by atoms with van der Waals surface area (Å²) in [5.74, 6) is 1.21. The van der Waals surface area contributed by atoms with E-state index < -0.39 is 0 Å². The van der Waals surface area contributed by atoms with E-state index >= 15 is 0 Å². The van der Waals surface area contributed by atoms with Gasteiger partial charge in [0.15, 0.2) is 0 Å². The maximum Gasteiger partial charge on any atom is 0.255 e. The predicted molar refractivity (Wildman–Crippen MR) is 111 cm³/mol. The van der Waals surface area contributed by atoms with Gasteiger partial charge in [0.05, 0.1) is 11.6 Å². The van der Waals surface area contributed by atoms with Gasteiger partial charge < -0.3 is 14.8 Å². The SMILES string of the molecule is CCC(NC(=O)c1ccccc1OCCOc1ccccc1)c1ccccc1. The number of nitrogens with one attached hydrogen (secondary N) is 1. The molecule has 0 saturated heterocycles. The van der Waals surface area contributed by atoms with Gasteiger partial charge in [-0.1, -0.05) is 67.6 Å². The molecule has 3 aromatic carbocycles. The van der Waals surface area contributed by atoms with Crippen molar-refractivity contribution in [2.24, 2.45) is 0 Å². The average molecular weight is 375 g/mol. The monoisotopic (exact) mass is 375 g/mol. The topological polar surface area (TPSA) is 47.6 Å². The zero-order valence-electron chi connectivity index (χ0n) is 16.0. The maximum atomic E-state index is 12.8. The molecule has 3 rings (SSSR count). The van der Waals surface area contributed by atoms with Crippen molar-refractivity contribution in [3.8, 4) is 11.5 Å². The van der Waals surface area contributed by atoms with Crippen LogP contribution in [0.3, 0.4) is 0 Å². The van der Waals surface area contributed by atoms with Crippen molar-refractivity contribution < 1.29 is 14.3 Å². The molecule has 0 radical (unpaired) electrons. The van der Waals surface area contributed by atoms with Crippen LogP contribution in [0.5, 0.6) is 11.5 Å². The van der Waals surface area contributed by atoms with Crippen LogP contribution in [0.25, 0.3) is 0 Å². The number of carbonyl (C=O) groups is 1. The second kappa shape index (κ2) is 10.2. The van der Waals surface area contributed by atoms with Gasteiger partial charge in [-0.15, -0.1) is 0 Å². The molecule has 0 aliphatic heterocycles. The van der Waals surface area contributed by atoms with E-state index in [1.54, 1.807) is 12.1 Å². The summed E-state index contributed by atoms with van der Waals surface area (Å²) >= 11 is 0. The van der Waals surface area contributed by atoms with E-state index in [0.717, 1.165) is 17.7 Å². The van der Waals surface area contributed by atoms with Gasteiger partial charge in [-0.25, -0.2) is 0 Å². The van der Waals surface area contributed by atoms with Crippen molar-refractivity contribution >= 4 is 5.91 Å². The molecule has 3 aromatic rings. The minimum atomic E-state index is -0.143. The number of hydrogen-bond acceptors (Lipinski definition) is 3. The second-order valence-electron chi connectivity index (χ2n) is 6.35. The third-order valence-corrected chi connectivity index (χ3v) is 4.40. The van der Waals surface area contributed by atoms with E-state index in [1.807, 2.05) is 72.8 Å². The Morgan fingerprint density at radius 3 is 2.14 bits per heavy atom. The van der Waals surface area contributed by atoms with Crippen molar-refractivity contribution in [1.82, 2.24) is 5.32 Å². The molecular weight excluding hydrogens is 350 g/mol. The normalized spacial score (nSPS) is 11.5. The van der Waals surface area contributed by atoms with E-state index in [1.165, 1.54) is 0 Å². The summed E-state index contributed by atoms with van der Waals surface area (Å²) in [6, 6.07) is 26.8. The van der Waals surface area contributed by atoms with Gasteiger partial charge in [0.25, 0.3) is 5.91 Å². The quantitative estimate of drug-likeness (QED) is 0.534. The minimum absolute atomic E-state index is 0.0387. The molecule has 1 N–H and O–H groups in total. The number of ether oxygens (including phenoxy) is 2. The first kappa shape index (κ1) is 19.5. The molecule has 28 heavy (non-hydrogen) atoms. The van der Waals surface area contributed by atoms with Gasteiger partial charge >= 0.3 is 0 Å². The Kier molecular flexibility index (Phi) is 7.08. The highest BCUT2D eigenvalue weighted by Gasteiger charge is 2.17. The molecule has 0 spiro atoms. The van der Waals surface area contributed by atoms with E-state index in [0.29, 0.717) is 24.5 Å². The largest absolute Gasteiger partial charge is 0.490 e. The molecule has 4 heteroatoms. The fourth-order valence-corrected chi connectivity index (χ4v) is 2.95. The Bertz CT molecular complexity index is 865. The van der Waals surface area contributed by atoms with Crippen molar-refractivity contribution in [3.05, 3.63) is 96.1 Å². The predicted octanol–water partition coefficient (Wildman–Crippen LogP) is 5.03. The molecule has 0 aliphatic rings. The second-order valence-corrected chi connectivity index (χ2v) is 6.35. The van der Waals surface area contributed by atoms with Gasteiger partial charge in [-0.3, -0.25) is 4.79 Å². The van der Waals surface area contributed by atoms with E-state index in [4.69, 9.17) is 9.47 Å². The number of amides is 1. The smallest absolute Gasteiger partial charge is 0.255 e. The van der Waals surface area contributed by atoms with Crippen LogP contribution in [-0.4, -0.2) is 19.1 Å². The molecule has 0 fully saturated rings. The van der Waals surface area contributed by atoms with Crippen LogP contribution < -0.4 is 14.8 Å². The molecule has 0 bridgehead atoms. The molecule has 0 aromatic heterocycles. The standard InChI is InChI=1S/C24H25NO3/c1-2-22(19-11-5-3-6-12-19)25-24(26)21-15-9-10-16-23(21)28-18-17-27-20-13-7-4-8-14-20/h3-16,22H,2,17-18H2,1H3,(H,25,26). The molecule has 4 nitrogen and oxygen atoms in total. The fraction of sp³-hybridized carbons (Fsp3) is 0.208. The molecule has 1 unspecified atom stereocenters. The summed E-state index contributed by atoms with van der Waals surface area (Å²) in [4.78, 5) is 12.8. The Morgan fingerprint density at radius 2 is 1.43 bits per heavy atom. The fourth-order valence-electron chi connectivity index (χ4n) is 2.95. The average Bonchev–Trinajstić information content (AvgIpc) is 2.76. The van der Waals surface area contributed by atoms with Crippen LogP contribution in [0.1, 0.15) is 35.3 Å². The van der Waals surface area contributed by atoms with Crippen molar-refractivity contribution in [3.63, 3.8) is 0 Å². The number of rotatable bonds is 9. The summed E-state index contributed by atoms with van der Waals surface area (Å²) in [6.45, 7) is 2.82.